The van der Waals surface area contributed by atoms with Gasteiger partial charge in [-0.25, -0.2) is 0 Å². The van der Waals surface area contributed by atoms with Crippen molar-refractivity contribution in [2.24, 2.45) is 0 Å². The molecule has 0 aliphatic rings. The molecule has 0 fully saturated rings. The molecule has 4 N–H and O–H groups in total. The number of hydrogen-bond acceptors (Lipinski definition) is 4. The Hall–Kier alpha value is 3.45. The third-order valence-corrected chi connectivity index (χ3v) is 0. The average molecular weight is 200 g/mol. The number of hydrogen-bond donors (Lipinski definition) is 4. The molecule has 0 saturated heterocycles. The average Bonchev–Trinajstić information content (AvgIpc) is 0.722. The van der Waals surface area contributed by atoms with Crippen molar-refractivity contribution in [3.63, 3.8) is 0 Å². The quantitative estimate of drug-likeness (QED) is 0.293. The van der Waals surface area contributed by atoms with Gasteiger partial charge in [0.15, 0.2) is 17.4 Å². The van der Waals surface area contributed by atoms with Crippen molar-refractivity contribution in [2.75, 3.05) is 0 Å². The molecule has 0 heterocycles. The van der Waals surface area contributed by atoms with Crippen molar-refractivity contribution < 1.29 is 73.3 Å². The van der Waals surface area contributed by atoms with Gasteiger partial charge in [0.25, 0.3) is 0 Å². The Bertz CT molecular complexity index is 47.6. The summed E-state index contributed by atoms with van der Waals surface area (Å²) in [5.41, 5.74) is 0. The summed E-state index contributed by atoms with van der Waals surface area (Å²) in [6.45, 7) is 0. The zero-order valence-electron chi connectivity index (χ0n) is 9.00. The first-order chi connectivity index (χ1) is 2.00. The van der Waals surface area contributed by atoms with E-state index in [1.54, 1.807) is 0 Å². The van der Waals surface area contributed by atoms with Crippen molar-refractivity contribution in [3.05, 3.63) is 0 Å². The molecular weight excluding hydrogens is 189 g/mol. The predicted molar refractivity (Wildman–Crippen MR) is 34.8 cm³/mol. The van der Waals surface area contributed by atoms with E-state index in [0.29, 0.717) is 0 Å². The van der Waals surface area contributed by atoms with Gasteiger partial charge in [-0.1, -0.05) is 0 Å². The minimum atomic E-state index is -4.61. The van der Waals surface area contributed by atoms with Crippen LogP contribution in [0.1, 0.15) is 5.71 Å². The minimum absolute atomic E-state index is 0. The predicted octanol–water partition coefficient (Wildman–Crippen LogP) is -9.72. The third-order valence-electron chi connectivity index (χ3n) is 0. The minimum Gasteiger partial charge on any atom is -1.00 e. The molecule has 0 saturated carbocycles. The molecule has 46 valence electrons. The van der Waals surface area contributed by atoms with Crippen LogP contribution in [0.4, 0.5) is 0 Å². The first kappa shape index (κ1) is 29.4. The second-order valence-corrected chi connectivity index (χ2v) is 1.80. The van der Waals surface area contributed by atoms with E-state index in [9.17, 15) is 0 Å². The van der Waals surface area contributed by atoms with Crippen molar-refractivity contribution in [3.8, 4) is 0 Å². The van der Waals surface area contributed by atoms with Gasteiger partial charge in [-0.3, -0.25) is 0 Å². The van der Waals surface area contributed by atoms with Gasteiger partial charge in [-0.15, -0.1) is 0 Å². The second-order valence-electron chi connectivity index (χ2n) is 0.600. The zero-order chi connectivity index (χ0) is 4.50. The molecule has 0 unspecified atom stereocenters. The van der Waals surface area contributed by atoms with E-state index in [4.69, 9.17) is 19.2 Å². The molecule has 0 amide bonds. The van der Waals surface area contributed by atoms with Crippen molar-refractivity contribution in [1.29, 1.82) is 0 Å². The second kappa shape index (κ2) is 14.0. The SMILES string of the molecule is O[Si](O)(O)O.[AlH3].[Ca+2].[H-].[H-].[H-].[H-].[Li+].[Na+]. The molecule has 0 aromatic heterocycles. The summed E-state index contributed by atoms with van der Waals surface area (Å²) in [4.78, 5) is 29.3. The van der Waals surface area contributed by atoms with Gasteiger partial charge in [0.05, 0.1) is 0 Å². The molecule has 0 rings (SSSR count). The van der Waals surface area contributed by atoms with E-state index in [1.807, 2.05) is 0 Å². The summed E-state index contributed by atoms with van der Waals surface area (Å²) < 4.78 is 0. The molecule has 9 heteroatoms. The van der Waals surface area contributed by atoms with Gasteiger partial charge < -0.3 is 24.9 Å². The van der Waals surface area contributed by atoms with E-state index >= 15 is 0 Å². The smallest absolute Gasteiger partial charge is 1.00 e. The standard InChI is InChI=1S/Al.Ca.Li.Na.H4O4Si.7H/c;;;;1-5(2,3)4;;;;;;;/h;;;;1-4H;;;;;;;/q;+2;2*+1;;;;;4*-1. The summed E-state index contributed by atoms with van der Waals surface area (Å²) in [5.74, 6) is 0. The maximum atomic E-state index is 7.33. The van der Waals surface area contributed by atoms with E-state index in [0.717, 1.165) is 0 Å². The fourth-order valence-electron chi connectivity index (χ4n) is 0. The van der Waals surface area contributed by atoms with Crippen LogP contribution in [0.2, 0.25) is 0 Å². The third kappa shape index (κ3) is 86.0. The van der Waals surface area contributed by atoms with Crippen LogP contribution in [0.3, 0.4) is 0 Å². The van der Waals surface area contributed by atoms with Crippen LogP contribution < -0.4 is 48.4 Å². The van der Waals surface area contributed by atoms with E-state index in [-0.39, 0.29) is 109 Å². The van der Waals surface area contributed by atoms with E-state index in [2.05, 4.69) is 0 Å². The molecule has 0 radical (unpaired) electrons. The monoisotopic (exact) mass is 200 g/mol. The van der Waals surface area contributed by atoms with Gasteiger partial charge in [0.1, 0.15) is 0 Å². The fraction of sp³-hybridized carbons (Fsp3) is 0. The largest absolute Gasteiger partial charge is 2.00 e. The molecule has 9 heavy (non-hydrogen) atoms. The molecule has 0 spiro atoms. The first-order valence-corrected chi connectivity index (χ1v) is 2.68. The summed E-state index contributed by atoms with van der Waals surface area (Å²) in [5, 5.41) is 0. The van der Waals surface area contributed by atoms with Gasteiger partial charge in [-0.2, -0.15) is 0 Å². The topological polar surface area (TPSA) is 80.9 Å². The Kier molecular flexibility index (Phi) is 45.7. The Labute approximate surface area is 135 Å². The Morgan fingerprint density at radius 1 is 1.00 bits per heavy atom. The molecule has 4 nitrogen and oxygen atoms in total. The van der Waals surface area contributed by atoms with Crippen LogP contribution in [-0.2, 0) is 0 Å². The fourth-order valence-corrected chi connectivity index (χ4v) is 0. The van der Waals surface area contributed by atoms with Crippen molar-refractivity contribution >= 4 is 64.1 Å². The summed E-state index contributed by atoms with van der Waals surface area (Å²) in [6, 6.07) is 0. The Morgan fingerprint density at radius 3 is 1.00 bits per heavy atom. The summed E-state index contributed by atoms with van der Waals surface area (Å²) in [6.07, 6.45) is 0. The molecule has 0 bridgehead atoms. The maximum absolute atomic E-state index is 7.33. The van der Waals surface area contributed by atoms with Gasteiger partial charge >= 0.3 is 95.2 Å². The van der Waals surface area contributed by atoms with Crippen molar-refractivity contribution in [1.82, 2.24) is 0 Å². The van der Waals surface area contributed by atoms with Crippen molar-refractivity contribution in [2.45, 2.75) is 0 Å². The van der Waals surface area contributed by atoms with Crippen LogP contribution in [0.5, 0.6) is 0 Å². The molecule has 0 aromatic rings. The summed E-state index contributed by atoms with van der Waals surface area (Å²) in [7, 11) is -4.61. The normalized spacial score (nSPS) is 6.67. The first-order valence-electron chi connectivity index (χ1n) is 0.894. The molecule has 0 aliphatic heterocycles. The van der Waals surface area contributed by atoms with E-state index < -0.39 is 9.05 Å². The summed E-state index contributed by atoms with van der Waals surface area (Å²) >= 11 is 0. The maximum Gasteiger partial charge on any atom is 2.00 e. The van der Waals surface area contributed by atoms with Gasteiger partial charge in [-0.05, 0) is 0 Å². The zero-order valence-corrected chi connectivity index (χ0v) is 10.2. The molecule has 0 atom stereocenters. The Balaban J connectivity index is -0.00000000286. The van der Waals surface area contributed by atoms with Crippen LogP contribution >= 0.6 is 0 Å². The van der Waals surface area contributed by atoms with Crippen LogP contribution in [0.15, 0.2) is 0 Å². The van der Waals surface area contributed by atoms with Gasteiger partial charge in [0.2, 0.25) is 0 Å². The van der Waals surface area contributed by atoms with Gasteiger partial charge in [0, 0.05) is 0 Å². The van der Waals surface area contributed by atoms with Crippen LogP contribution in [0.25, 0.3) is 0 Å². The molecule has 0 aliphatic carbocycles. The van der Waals surface area contributed by atoms with E-state index in [1.165, 1.54) is 0 Å². The Morgan fingerprint density at radius 2 is 1.00 bits per heavy atom. The molecular formula is H11AlCaLiNaO4Si. The van der Waals surface area contributed by atoms with Crippen LogP contribution in [-0.4, -0.2) is 83.3 Å². The van der Waals surface area contributed by atoms with Crippen LogP contribution in [0, 0.1) is 0 Å². The number of rotatable bonds is 0. The molecule has 0 aromatic carbocycles.